The first-order valence-corrected chi connectivity index (χ1v) is 12.2. The Bertz CT molecular complexity index is 1230. The van der Waals surface area contributed by atoms with Crippen molar-refractivity contribution in [1.29, 1.82) is 0 Å². The van der Waals surface area contributed by atoms with Crippen LogP contribution in [0.4, 0.5) is 10.5 Å². The largest absolute Gasteiger partial charge is 0.456 e. The second kappa shape index (κ2) is 9.76. The fourth-order valence-electron chi connectivity index (χ4n) is 4.95. The number of hydrogen-bond donors (Lipinski definition) is 0. The maximum Gasteiger partial charge on any atom is 0.344 e. The predicted octanol–water partition coefficient (Wildman–Crippen LogP) is 5.33. The lowest BCUT2D eigenvalue weighted by Crippen LogP contribution is -2.36. The smallest absolute Gasteiger partial charge is 0.344 e. The Labute approximate surface area is 211 Å². The van der Waals surface area contributed by atoms with Crippen LogP contribution in [0.3, 0.4) is 0 Å². The molecule has 2 aliphatic heterocycles. The summed E-state index contributed by atoms with van der Waals surface area (Å²) in [7, 11) is 1.92. The van der Waals surface area contributed by atoms with Crippen molar-refractivity contribution in [2.24, 2.45) is 11.8 Å². The topological polar surface area (TPSA) is 53.8 Å². The highest BCUT2D eigenvalue weighted by molar-refractivity contribution is 6.32. The van der Waals surface area contributed by atoms with Gasteiger partial charge in [0.2, 0.25) is 0 Å². The van der Waals surface area contributed by atoms with Crippen molar-refractivity contribution in [3.8, 4) is 11.5 Å². The number of nitrogens with zero attached hydrogens (tertiary/aromatic N) is 5. The van der Waals surface area contributed by atoms with E-state index in [0.29, 0.717) is 22.6 Å². The molecular weight excluding hydrogens is 462 g/mol. The van der Waals surface area contributed by atoms with Crippen molar-refractivity contribution in [2.75, 3.05) is 38.1 Å². The Morgan fingerprint density at radius 3 is 2.60 bits per heavy atom. The number of para-hydroxylation sites is 1. The van der Waals surface area contributed by atoms with E-state index in [9.17, 15) is 4.79 Å². The minimum absolute atomic E-state index is 0.0586. The maximum atomic E-state index is 13.0. The van der Waals surface area contributed by atoms with Gasteiger partial charge in [0.15, 0.2) is 0 Å². The third-order valence-electron chi connectivity index (χ3n) is 6.93. The number of hydrogen-bond acceptors (Lipinski definition) is 5. The Morgan fingerprint density at radius 1 is 1.14 bits per heavy atom. The molecule has 0 radical (unpaired) electrons. The average molecular weight is 492 g/mol. The van der Waals surface area contributed by atoms with E-state index in [1.165, 1.54) is 10.2 Å². The fourth-order valence-corrected chi connectivity index (χ4v) is 5.13. The van der Waals surface area contributed by atoms with E-state index in [0.717, 1.165) is 49.9 Å². The lowest BCUT2D eigenvalue weighted by molar-refractivity contribution is 0.197. The fraction of sp³-hybridized carbons (Fsp3) is 0.333. The van der Waals surface area contributed by atoms with E-state index in [1.807, 2.05) is 60.2 Å². The molecule has 182 valence electrons. The molecule has 1 aromatic heterocycles. The number of carbonyl (C=O) groups excluding carboxylic acids is 1. The molecule has 2 aromatic carbocycles. The van der Waals surface area contributed by atoms with Gasteiger partial charge in [-0.25, -0.2) is 4.79 Å². The zero-order chi connectivity index (χ0) is 24.5. The van der Waals surface area contributed by atoms with Gasteiger partial charge in [0.1, 0.15) is 11.5 Å². The van der Waals surface area contributed by atoms with E-state index in [4.69, 9.17) is 16.3 Å². The minimum atomic E-state index is -0.0586. The number of amides is 1. The van der Waals surface area contributed by atoms with Crippen LogP contribution in [0.25, 0.3) is 0 Å². The van der Waals surface area contributed by atoms with Crippen LogP contribution in [-0.2, 0) is 6.54 Å². The highest BCUT2D eigenvalue weighted by Crippen LogP contribution is 2.33. The van der Waals surface area contributed by atoms with Gasteiger partial charge in [-0.3, -0.25) is 4.90 Å². The summed E-state index contributed by atoms with van der Waals surface area (Å²) in [6, 6.07) is 15.6. The number of allylic oxidation sites excluding steroid dienone is 1. The van der Waals surface area contributed by atoms with Gasteiger partial charge in [-0.05, 0) is 48.6 Å². The van der Waals surface area contributed by atoms with E-state index >= 15 is 0 Å². The van der Waals surface area contributed by atoms with Crippen LogP contribution in [0.1, 0.15) is 12.5 Å². The molecule has 0 bridgehead atoms. The monoisotopic (exact) mass is 491 g/mol. The molecular formula is C27H30ClN5O2. The number of fused-ring (bicyclic) bond motifs is 1. The first kappa shape index (κ1) is 23.5. The van der Waals surface area contributed by atoms with Crippen molar-refractivity contribution in [1.82, 2.24) is 19.6 Å². The van der Waals surface area contributed by atoms with Crippen LogP contribution >= 0.6 is 11.6 Å². The molecule has 0 spiro atoms. The maximum absolute atomic E-state index is 13.0. The van der Waals surface area contributed by atoms with Gasteiger partial charge < -0.3 is 14.5 Å². The summed E-state index contributed by atoms with van der Waals surface area (Å²) in [5.41, 5.74) is 2.96. The van der Waals surface area contributed by atoms with Crippen LogP contribution in [0.15, 0.2) is 73.2 Å². The molecule has 3 heterocycles. The number of likely N-dealkylation sites (tertiary alicyclic amines) is 2. The number of benzene rings is 2. The molecule has 2 unspecified atom stereocenters. The SMILES string of the molecule is C=C(C)N(C)c1cnn(C(=O)N2CC3CN(Cc4cccc(Oc5ccccc5Cl)c4)CC3C2)c1. The standard InChI is InChI=1S/C27H30ClN5O2/c1-19(2)30(3)23-12-29-33(18-23)27(34)32-16-21-14-31(15-22(21)17-32)13-20-7-6-8-24(11-20)35-26-10-5-4-9-25(26)28/h4-12,18,21-22H,1,13-17H2,2-3H3. The van der Waals surface area contributed by atoms with Gasteiger partial charge >= 0.3 is 6.03 Å². The third-order valence-corrected chi connectivity index (χ3v) is 7.24. The normalized spacial score (nSPS) is 19.6. The predicted molar refractivity (Wildman–Crippen MR) is 138 cm³/mol. The summed E-state index contributed by atoms with van der Waals surface area (Å²) < 4.78 is 7.43. The lowest BCUT2D eigenvalue weighted by atomic mass is 10.0. The summed E-state index contributed by atoms with van der Waals surface area (Å²) in [5, 5.41) is 4.88. The molecule has 3 aromatic rings. The summed E-state index contributed by atoms with van der Waals surface area (Å²) in [6.07, 6.45) is 3.48. The van der Waals surface area contributed by atoms with Crippen molar-refractivity contribution in [2.45, 2.75) is 13.5 Å². The van der Waals surface area contributed by atoms with Crippen molar-refractivity contribution < 1.29 is 9.53 Å². The molecule has 7 nitrogen and oxygen atoms in total. The lowest BCUT2D eigenvalue weighted by Gasteiger charge is -2.21. The second-order valence-corrected chi connectivity index (χ2v) is 9.93. The summed E-state index contributed by atoms with van der Waals surface area (Å²) in [6.45, 7) is 10.2. The Balaban J connectivity index is 1.16. The zero-order valence-electron chi connectivity index (χ0n) is 20.1. The molecule has 35 heavy (non-hydrogen) atoms. The van der Waals surface area contributed by atoms with Crippen LogP contribution in [0.5, 0.6) is 11.5 Å². The highest BCUT2D eigenvalue weighted by atomic mass is 35.5. The van der Waals surface area contributed by atoms with Crippen LogP contribution < -0.4 is 9.64 Å². The van der Waals surface area contributed by atoms with Crippen molar-refractivity contribution >= 4 is 23.3 Å². The first-order valence-electron chi connectivity index (χ1n) is 11.8. The molecule has 1 amide bonds. The van der Waals surface area contributed by atoms with E-state index in [-0.39, 0.29) is 6.03 Å². The molecule has 0 saturated carbocycles. The highest BCUT2D eigenvalue weighted by Gasteiger charge is 2.42. The van der Waals surface area contributed by atoms with Gasteiger partial charge in [0.05, 0.1) is 23.1 Å². The second-order valence-electron chi connectivity index (χ2n) is 9.52. The molecule has 2 fully saturated rings. The number of rotatable bonds is 6. The van der Waals surface area contributed by atoms with Gasteiger partial charge in [-0.1, -0.05) is 42.4 Å². The number of carbonyl (C=O) groups is 1. The van der Waals surface area contributed by atoms with Gasteiger partial charge in [-0.2, -0.15) is 9.78 Å². The first-order chi connectivity index (χ1) is 16.9. The Morgan fingerprint density at radius 2 is 1.89 bits per heavy atom. The van der Waals surface area contributed by atoms with Gasteiger partial charge in [-0.15, -0.1) is 0 Å². The average Bonchev–Trinajstić information content (AvgIpc) is 3.55. The van der Waals surface area contributed by atoms with Crippen LogP contribution in [0, 0.1) is 11.8 Å². The van der Waals surface area contributed by atoms with E-state index in [1.54, 1.807) is 12.4 Å². The molecule has 0 N–H and O–H groups in total. The van der Waals surface area contributed by atoms with Crippen molar-refractivity contribution in [3.63, 3.8) is 0 Å². The summed E-state index contributed by atoms with van der Waals surface area (Å²) in [5.74, 6) is 2.40. The molecule has 2 aliphatic rings. The number of ether oxygens (including phenoxy) is 1. The van der Waals surface area contributed by atoms with Gasteiger partial charge in [0.25, 0.3) is 0 Å². The number of aromatic nitrogens is 2. The van der Waals surface area contributed by atoms with Crippen LogP contribution in [0.2, 0.25) is 5.02 Å². The summed E-state index contributed by atoms with van der Waals surface area (Å²) in [4.78, 5) is 19.3. The minimum Gasteiger partial charge on any atom is -0.456 e. The quantitative estimate of drug-likeness (QED) is 0.466. The molecule has 2 saturated heterocycles. The molecule has 8 heteroatoms. The zero-order valence-corrected chi connectivity index (χ0v) is 20.9. The number of halogens is 1. The third kappa shape index (κ3) is 5.06. The Kier molecular flexibility index (Phi) is 6.54. The number of anilines is 1. The molecule has 5 rings (SSSR count). The summed E-state index contributed by atoms with van der Waals surface area (Å²) >= 11 is 6.23. The van der Waals surface area contributed by atoms with Crippen LogP contribution in [-0.4, -0.2) is 58.8 Å². The van der Waals surface area contributed by atoms with E-state index in [2.05, 4.69) is 28.7 Å². The van der Waals surface area contributed by atoms with Crippen molar-refractivity contribution in [3.05, 3.63) is 83.8 Å². The molecule has 0 aliphatic carbocycles. The molecule has 2 atom stereocenters. The van der Waals surface area contributed by atoms with Gasteiger partial charge in [0, 0.05) is 45.5 Å². The van der Waals surface area contributed by atoms with E-state index < -0.39 is 0 Å². The Hall–Kier alpha value is -3.29.